The molecule has 0 saturated heterocycles. The summed E-state index contributed by atoms with van der Waals surface area (Å²) in [7, 11) is 0. The predicted octanol–water partition coefficient (Wildman–Crippen LogP) is 5.38. The van der Waals surface area contributed by atoms with Crippen molar-refractivity contribution >= 4 is 34.7 Å². The molecule has 0 radical (unpaired) electrons. The Balaban J connectivity index is 1.61. The van der Waals surface area contributed by atoms with E-state index >= 15 is 0 Å². The first kappa shape index (κ1) is 20.5. The average molecular weight is 443 g/mol. The number of aryl methyl sites for hydroxylation is 2. The quantitative estimate of drug-likeness (QED) is 0.509. The zero-order chi connectivity index (χ0) is 22.2. The van der Waals surface area contributed by atoms with Crippen molar-refractivity contribution in [3.05, 3.63) is 106 Å². The third kappa shape index (κ3) is 3.61. The van der Waals surface area contributed by atoms with Gasteiger partial charge in [-0.25, -0.2) is 0 Å². The minimum Gasteiger partial charge on any atom is -0.336 e. The summed E-state index contributed by atoms with van der Waals surface area (Å²) < 4.78 is 0. The third-order valence-corrected chi connectivity index (χ3v) is 6.37. The van der Waals surface area contributed by atoms with Gasteiger partial charge in [-0.2, -0.15) is 0 Å². The minimum atomic E-state index is -0.258. The second kappa shape index (κ2) is 8.29. The summed E-state index contributed by atoms with van der Waals surface area (Å²) in [5.41, 5.74) is 5.89. The van der Waals surface area contributed by atoms with Gasteiger partial charge in [0.05, 0.1) is 12.1 Å². The number of rotatable bonds is 4. The SMILES string of the molecule is Cc1ccc(C2=C(N3CCCc4ccccc43)C(=O)N(Cc3ccc(Cl)cc3)C2=O)cc1. The van der Waals surface area contributed by atoms with Crippen LogP contribution in [0.4, 0.5) is 5.69 Å². The lowest BCUT2D eigenvalue weighted by molar-refractivity contribution is -0.137. The van der Waals surface area contributed by atoms with Crippen LogP contribution in [0.15, 0.2) is 78.5 Å². The number of anilines is 1. The number of nitrogens with zero attached hydrogens (tertiary/aromatic N) is 2. The Bertz CT molecular complexity index is 1230. The van der Waals surface area contributed by atoms with E-state index in [2.05, 4.69) is 6.07 Å². The number of halogens is 1. The highest BCUT2D eigenvalue weighted by atomic mass is 35.5. The van der Waals surface area contributed by atoms with Crippen LogP contribution in [0.5, 0.6) is 0 Å². The molecular weight excluding hydrogens is 420 g/mol. The summed E-state index contributed by atoms with van der Waals surface area (Å²) in [6.45, 7) is 2.92. The molecule has 5 rings (SSSR count). The molecule has 0 saturated carbocycles. The van der Waals surface area contributed by atoms with Gasteiger partial charge in [-0.15, -0.1) is 0 Å². The van der Waals surface area contributed by atoms with Gasteiger partial charge in [0.1, 0.15) is 5.70 Å². The third-order valence-electron chi connectivity index (χ3n) is 6.12. The molecule has 0 bridgehead atoms. The van der Waals surface area contributed by atoms with Gasteiger partial charge in [0.15, 0.2) is 0 Å². The van der Waals surface area contributed by atoms with Crippen LogP contribution in [0.25, 0.3) is 5.57 Å². The van der Waals surface area contributed by atoms with E-state index in [9.17, 15) is 9.59 Å². The molecule has 2 aliphatic heterocycles. The standard InChI is InChI=1S/C27H23ClN2O2/c1-18-8-12-21(13-9-18)24-25(29-16-4-6-20-5-2-3-7-23(20)29)27(32)30(26(24)31)17-19-10-14-22(28)15-11-19/h2-3,5,7-15H,4,6,16-17H2,1H3. The fraction of sp³-hybridized carbons (Fsp3) is 0.185. The molecule has 0 fully saturated rings. The predicted molar refractivity (Wildman–Crippen MR) is 127 cm³/mol. The highest BCUT2D eigenvalue weighted by Crippen LogP contribution is 2.38. The molecule has 32 heavy (non-hydrogen) atoms. The topological polar surface area (TPSA) is 40.6 Å². The van der Waals surface area contributed by atoms with E-state index in [1.165, 1.54) is 10.5 Å². The van der Waals surface area contributed by atoms with Crippen LogP contribution < -0.4 is 4.90 Å². The highest BCUT2D eigenvalue weighted by Gasteiger charge is 2.42. The van der Waals surface area contributed by atoms with E-state index in [1.54, 1.807) is 12.1 Å². The number of hydrogen-bond acceptors (Lipinski definition) is 3. The Labute approximate surface area is 192 Å². The molecule has 4 nitrogen and oxygen atoms in total. The molecule has 0 spiro atoms. The molecule has 3 aromatic carbocycles. The van der Waals surface area contributed by atoms with Gasteiger partial charge in [-0.1, -0.05) is 71.8 Å². The summed E-state index contributed by atoms with van der Waals surface area (Å²) in [6.07, 6.45) is 1.90. The van der Waals surface area contributed by atoms with E-state index in [1.807, 2.05) is 66.4 Å². The molecule has 0 aromatic heterocycles. The van der Waals surface area contributed by atoms with Crippen molar-refractivity contribution in [2.75, 3.05) is 11.4 Å². The van der Waals surface area contributed by atoms with Crippen molar-refractivity contribution in [1.82, 2.24) is 4.90 Å². The molecule has 0 unspecified atom stereocenters. The fourth-order valence-corrected chi connectivity index (χ4v) is 4.60. The Morgan fingerprint density at radius 1 is 0.875 bits per heavy atom. The highest BCUT2D eigenvalue weighted by molar-refractivity contribution is 6.36. The molecular formula is C27H23ClN2O2. The van der Waals surface area contributed by atoms with Crippen molar-refractivity contribution in [3.8, 4) is 0 Å². The molecule has 0 N–H and O–H groups in total. The van der Waals surface area contributed by atoms with Crippen molar-refractivity contribution in [3.63, 3.8) is 0 Å². The number of amides is 2. The Morgan fingerprint density at radius 3 is 2.34 bits per heavy atom. The first-order chi connectivity index (χ1) is 15.5. The van der Waals surface area contributed by atoms with Gasteiger partial charge in [0.2, 0.25) is 0 Å². The molecule has 2 aliphatic rings. The number of benzene rings is 3. The maximum absolute atomic E-state index is 13.7. The van der Waals surface area contributed by atoms with Crippen LogP contribution in [0, 0.1) is 6.92 Å². The molecule has 0 aliphatic carbocycles. The number of hydrogen-bond donors (Lipinski definition) is 0. The first-order valence-corrected chi connectivity index (χ1v) is 11.2. The number of carbonyl (C=O) groups is 2. The molecule has 0 atom stereocenters. The summed E-state index contributed by atoms with van der Waals surface area (Å²) in [5.74, 6) is -0.510. The zero-order valence-corrected chi connectivity index (χ0v) is 18.6. The molecule has 2 heterocycles. The first-order valence-electron chi connectivity index (χ1n) is 10.8. The number of carbonyl (C=O) groups excluding carboxylic acids is 2. The van der Waals surface area contributed by atoms with Crippen LogP contribution in [-0.2, 0) is 22.6 Å². The monoisotopic (exact) mass is 442 g/mol. The Morgan fingerprint density at radius 2 is 1.59 bits per heavy atom. The lowest BCUT2D eigenvalue weighted by Crippen LogP contribution is -2.36. The summed E-state index contributed by atoms with van der Waals surface area (Å²) in [4.78, 5) is 30.7. The zero-order valence-electron chi connectivity index (χ0n) is 17.8. The van der Waals surface area contributed by atoms with E-state index in [-0.39, 0.29) is 18.4 Å². The maximum atomic E-state index is 13.7. The largest absolute Gasteiger partial charge is 0.336 e. The normalized spacial score (nSPS) is 16.1. The van der Waals surface area contributed by atoms with Crippen molar-refractivity contribution in [2.45, 2.75) is 26.3 Å². The summed E-state index contributed by atoms with van der Waals surface area (Å²) >= 11 is 6.01. The van der Waals surface area contributed by atoms with E-state index in [0.29, 0.717) is 22.8 Å². The maximum Gasteiger partial charge on any atom is 0.278 e. The van der Waals surface area contributed by atoms with Crippen LogP contribution in [0.1, 0.15) is 28.7 Å². The summed E-state index contributed by atoms with van der Waals surface area (Å²) in [6, 6.07) is 23.2. The van der Waals surface area contributed by atoms with Crippen LogP contribution >= 0.6 is 11.6 Å². The molecule has 3 aromatic rings. The fourth-order valence-electron chi connectivity index (χ4n) is 4.48. The lowest BCUT2D eigenvalue weighted by Gasteiger charge is -2.32. The van der Waals surface area contributed by atoms with Gasteiger partial charge < -0.3 is 4.90 Å². The van der Waals surface area contributed by atoms with Gasteiger partial charge >= 0.3 is 0 Å². The van der Waals surface area contributed by atoms with Crippen LogP contribution in [0.3, 0.4) is 0 Å². The minimum absolute atomic E-state index is 0.211. The van der Waals surface area contributed by atoms with Crippen LogP contribution in [0.2, 0.25) is 5.02 Å². The average Bonchev–Trinajstić information content (AvgIpc) is 3.05. The Hall–Kier alpha value is -3.37. The molecule has 5 heteroatoms. The van der Waals surface area contributed by atoms with E-state index < -0.39 is 0 Å². The second-order valence-corrected chi connectivity index (χ2v) is 8.73. The van der Waals surface area contributed by atoms with Crippen molar-refractivity contribution in [1.29, 1.82) is 0 Å². The number of para-hydroxylation sites is 1. The van der Waals surface area contributed by atoms with E-state index in [0.717, 1.165) is 35.2 Å². The molecule has 2 amide bonds. The van der Waals surface area contributed by atoms with Gasteiger partial charge in [-0.05, 0) is 54.7 Å². The number of fused-ring (bicyclic) bond motifs is 1. The van der Waals surface area contributed by atoms with Crippen molar-refractivity contribution in [2.24, 2.45) is 0 Å². The van der Waals surface area contributed by atoms with Crippen molar-refractivity contribution < 1.29 is 9.59 Å². The van der Waals surface area contributed by atoms with Gasteiger partial charge in [0, 0.05) is 17.3 Å². The number of imide groups is 1. The molecule has 160 valence electrons. The van der Waals surface area contributed by atoms with Crippen LogP contribution in [-0.4, -0.2) is 23.3 Å². The Kier molecular flexibility index (Phi) is 5.32. The summed E-state index contributed by atoms with van der Waals surface area (Å²) in [5, 5.41) is 0.622. The second-order valence-electron chi connectivity index (χ2n) is 8.30. The lowest BCUT2D eigenvalue weighted by atomic mass is 9.98. The van der Waals surface area contributed by atoms with E-state index in [4.69, 9.17) is 11.6 Å². The van der Waals surface area contributed by atoms with Gasteiger partial charge in [0.25, 0.3) is 11.8 Å². The van der Waals surface area contributed by atoms with Gasteiger partial charge in [-0.3, -0.25) is 14.5 Å². The smallest absolute Gasteiger partial charge is 0.278 e.